The Morgan fingerprint density at radius 2 is 1.87 bits per heavy atom. The first-order valence-electron chi connectivity index (χ1n) is 10.7. The first-order valence-corrected chi connectivity index (χ1v) is 11.1. The molecule has 4 rings (SSSR count). The van der Waals surface area contributed by atoms with Crippen molar-refractivity contribution in [1.29, 1.82) is 0 Å². The smallest absolute Gasteiger partial charge is 0.311 e. The lowest BCUT2D eigenvalue weighted by atomic mass is 9.83. The van der Waals surface area contributed by atoms with Crippen LogP contribution in [-0.2, 0) is 4.79 Å². The largest absolute Gasteiger partial charge is 0.321 e. The number of benzodiazepines with no additional fused rings is 1. The number of carbonyl (C=O) groups is 2. The van der Waals surface area contributed by atoms with E-state index < -0.39 is 12.2 Å². The van der Waals surface area contributed by atoms with Crippen LogP contribution in [-0.4, -0.2) is 30.9 Å². The van der Waals surface area contributed by atoms with Gasteiger partial charge in [-0.05, 0) is 43.5 Å². The molecule has 1 heterocycles. The van der Waals surface area contributed by atoms with E-state index >= 15 is 0 Å². The average molecular weight is 439 g/mol. The maximum absolute atomic E-state index is 13.2. The van der Waals surface area contributed by atoms with Crippen LogP contribution in [0.2, 0.25) is 5.02 Å². The highest BCUT2D eigenvalue weighted by atomic mass is 35.5. The number of hydrogen-bond acceptors (Lipinski definition) is 3. The number of fused-ring (bicyclic) bond motifs is 1. The maximum Gasteiger partial charge on any atom is 0.321 e. The third kappa shape index (κ3) is 4.59. The maximum atomic E-state index is 13.2. The van der Waals surface area contributed by atoms with Gasteiger partial charge in [0.1, 0.15) is 0 Å². The summed E-state index contributed by atoms with van der Waals surface area (Å²) < 4.78 is 0. The molecule has 1 saturated carbocycles. The molecule has 0 aromatic heterocycles. The van der Waals surface area contributed by atoms with Gasteiger partial charge in [-0.15, -0.1) is 0 Å². The van der Waals surface area contributed by atoms with E-state index in [-0.39, 0.29) is 11.8 Å². The fourth-order valence-corrected chi connectivity index (χ4v) is 4.49. The Kier molecular flexibility index (Phi) is 6.28. The summed E-state index contributed by atoms with van der Waals surface area (Å²) in [7, 11) is 1.73. The molecule has 31 heavy (non-hydrogen) atoms. The molecule has 1 fully saturated rings. The molecular formula is C24H27ClN4O2. The fraction of sp³-hybridized carbons (Fsp3) is 0.375. The molecule has 2 N–H and O–H groups in total. The number of urea groups is 1. The highest BCUT2D eigenvalue weighted by molar-refractivity contribution is 6.31. The number of halogens is 1. The van der Waals surface area contributed by atoms with Gasteiger partial charge < -0.3 is 15.5 Å². The second-order valence-electron chi connectivity index (χ2n) is 8.23. The molecule has 2 aromatic carbocycles. The van der Waals surface area contributed by atoms with E-state index in [2.05, 4.69) is 10.6 Å². The molecule has 0 radical (unpaired) electrons. The predicted octanol–water partition coefficient (Wildman–Crippen LogP) is 5.14. The van der Waals surface area contributed by atoms with Gasteiger partial charge in [0, 0.05) is 29.2 Å². The van der Waals surface area contributed by atoms with Gasteiger partial charge in [-0.25, -0.2) is 4.79 Å². The number of aliphatic imine (C=N–C) groups is 1. The van der Waals surface area contributed by atoms with E-state index in [0.29, 0.717) is 10.7 Å². The molecule has 0 spiro atoms. The predicted molar refractivity (Wildman–Crippen MR) is 125 cm³/mol. The second kappa shape index (κ2) is 9.10. The molecule has 0 bridgehead atoms. The molecule has 1 aliphatic carbocycles. The van der Waals surface area contributed by atoms with Crippen LogP contribution in [0.3, 0.4) is 0 Å². The number of hydrogen-bond donors (Lipinski definition) is 2. The third-order valence-corrected chi connectivity index (χ3v) is 6.47. The highest BCUT2D eigenvalue weighted by Gasteiger charge is 2.33. The molecule has 0 saturated heterocycles. The Morgan fingerprint density at radius 1 is 1.13 bits per heavy atom. The Balaban J connectivity index is 1.62. The summed E-state index contributed by atoms with van der Waals surface area (Å²) in [6, 6.07) is 12.6. The number of para-hydroxylation sites is 1. The molecule has 162 valence electrons. The number of rotatable bonds is 3. The van der Waals surface area contributed by atoms with Crippen molar-refractivity contribution in [3.63, 3.8) is 0 Å². The molecule has 6 nitrogen and oxygen atoms in total. The van der Waals surface area contributed by atoms with E-state index in [1.165, 1.54) is 6.42 Å². The molecular weight excluding hydrogens is 412 g/mol. The SMILES string of the molecule is Cc1ccc(NC(=O)NC2N=C(C3CCCCC3)c3ccccc3N(C)C2=O)cc1Cl. The average Bonchev–Trinajstić information content (AvgIpc) is 2.88. The number of likely N-dealkylation sites (N-methyl/N-ethyl adjacent to an activating group) is 1. The summed E-state index contributed by atoms with van der Waals surface area (Å²) >= 11 is 6.16. The minimum atomic E-state index is -0.991. The zero-order chi connectivity index (χ0) is 22.0. The molecule has 3 amide bonds. The summed E-state index contributed by atoms with van der Waals surface area (Å²) in [6.45, 7) is 1.89. The van der Waals surface area contributed by atoms with Gasteiger partial charge >= 0.3 is 6.03 Å². The van der Waals surface area contributed by atoms with E-state index in [1.807, 2.05) is 37.3 Å². The molecule has 7 heteroatoms. The van der Waals surface area contributed by atoms with Crippen LogP contribution < -0.4 is 15.5 Å². The van der Waals surface area contributed by atoms with E-state index in [9.17, 15) is 9.59 Å². The van der Waals surface area contributed by atoms with Crippen molar-refractivity contribution < 1.29 is 9.59 Å². The van der Waals surface area contributed by atoms with E-state index in [1.54, 1.807) is 24.1 Å². The van der Waals surface area contributed by atoms with Crippen LogP contribution in [0.4, 0.5) is 16.2 Å². The molecule has 2 aliphatic rings. The lowest BCUT2D eigenvalue weighted by Gasteiger charge is -2.25. The topological polar surface area (TPSA) is 73.8 Å². The summed E-state index contributed by atoms with van der Waals surface area (Å²) in [5.74, 6) is 0.0211. The van der Waals surface area contributed by atoms with Crippen molar-refractivity contribution in [2.75, 3.05) is 17.3 Å². The van der Waals surface area contributed by atoms with Crippen LogP contribution in [0.25, 0.3) is 0 Å². The summed E-state index contributed by atoms with van der Waals surface area (Å²) in [4.78, 5) is 32.3. The normalized spacial score (nSPS) is 19.3. The van der Waals surface area contributed by atoms with Crippen molar-refractivity contribution >= 4 is 40.6 Å². The number of aryl methyl sites for hydroxylation is 1. The minimum Gasteiger partial charge on any atom is -0.311 e. The van der Waals surface area contributed by atoms with Gasteiger partial charge in [-0.2, -0.15) is 0 Å². The van der Waals surface area contributed by atoms with Gasteiger partial charge in [-0.1, -0.05) is 55.1 Å². The van der Waals surface area contributed by atoms with Gasteiger partial charge in [0.25, 0.3) is 5.91 Å². The Hall–Kier alpha value is -2.86. The van der Waals surface area contributed by atoms with Crippen molar-refractivity contribution in [3.05, 3.63) is 58.6 Å². The van der Waals surface area contributed by atoms with E-state index in [0.717, 1.165) is 48.2 Å². The standard InChI is InChI=1S/C24H27ClN4O2/c1-15-12-13-17(14-19(15)25)26-24(31)28-22-23(30)29(2)20-11-7-6-10-18(20)21(27-22)16-8-4-3-5-9-16/h6-7,10-14,16,22H,3-5,8-9H2,1-2H3,(H2,26,28,31). The van der Waals surface area contributed by atoms with Gasteiger partial charge in [0.2, 0.25) is 6.17 Å². The molecule has 2 aromatic rings. The lowest BCUT2D eigenvalue weighted by molar-refractivity contribution is -0.119. The first kappa shape index (κ1) is 21.4. The number of carbonyl (C=O) groups excluding carboxylic acids is 2. The number of amides is 3. The molecule has 1 aliphatic heterocycles. The molecule has 1 unspecified atom stereocenters. The summed E-state index contributed by atoms with van der Waals surface area (Å²) in [5, 5.41) is 6.07. The van der Waals surface area contributed by atoms with Crippen LogP contribution in [0.5, 0.6) is 0 Å². The Bertz CT molecular complexity index is 1030. The van der Waals surface area contributed by atoms with Crippen molar-refractivity contribution in [1.82, 2.24) is 5.32 Å². The zero-order valence-electron chi connectivity index (χ0n) is 17.8. The lowest BCUT2D eigenvalue weighted by Crippen LogP contribution is -2.47. The van der Waals surface area contributed by atoms with Crippen molar-refractivity contribution in [2.45, 2.75) is 45.2 Å². The highest BCUT2D eigenvalue weighted by Crippen LogP contribution is 2.33. The van der Waals surface area contributed by atoms with Gasteiger partial charge in [-0.3, -0.25) is 9.79 Å². The Morgan fingerprint density at radius 3 is 2.61 bits per heavy atom. The van der Waals surface area contributed by atoms with Crippen molar-refractivity contribution in [2.24, 2.45) is 10.9 Å². The molecule has 1 atom stereocenters. The minimum absolute atomic E-state index is 0.268. The Labute approximate surface area is 187 Å². The van der Waals surface area contributed by atoms with Crippen molar-refractivity contribution in [3.8, 4) is 0 Å². The number of benzene rings is 2. The summed E-state index contributed by atoms with van der Waals surface area (Å²) in [5.41, 5.74) is 4.19. The van der Waals surface area contributed by atoms with E-state index in [4.69, 9.17) is 16.6 Å². The number of nitrogens with zero attached hydrogens (tertiary/aromatic N) is 2. The van der Waals surface area contributed by atoms with Gasteiger partial charge in [0.15, 0.2) is 0 Å². The number of nitrogens with one attached hydrogen (secondary N) is 2. The summed E-state index contributed by atoms with van der Waals surface area (Å²) in [6.07, 6.45) is 4.64. The van der Waals surface area contributed by atoms with Crippen LogP contribution in [0.1, 0.15) is 43.2 Å². The third-order valence-electron chi connectivity index (χ3n) is 6.06. The van der Waals surface area contributed by atoms with Crippen LogP contribution in [0, 0.1) is 12.8 Å². The zero-order valence-corrected chi connectivity index (χ0v) is 18.6. The number of anilines is 2. The quantitative estimate of drug-likeness (QED) is 0.696. The first-order chi connectivity index (χ1) is 14.9. The van der Waals surface area contributed by atoms with Crippen LogP contribution in [0.15, 0.2) is 47.5 Å². The van der Waals surface area contributed by atoms with Gasteiger partial charge in [0.05, 0.1) is 11.4 Å². The second-order valence-corrected chi connectivity index (χ2v) is 8.64. The fourth-order valence-electron chi connectivity index (χ4n) is 4.31. The monoisotopic (exact) mass is 438 g/mol. The van der Waals surface area contributed by atoms with Crippen LogP contribution >= 0.6 is 11.6 Å².